The van der Waals surface area contributed by atoms with Crippen LogP contribution in [0.5, 0.6) is 0 Å². The van der Waals surface area contributed by atoms with E-state index in [1.807, 2.05) is 34.9 Å². The quantitative estimate of drug-likeness (QED) is 0.454. The molecule has 0 bridgehead atoms. The Bertz CT molecular complexity index is 1070. The summed E-state index contributed by atoms with van der Waals surface area (Å²) >= 11 is 0. The number of furan rings is 1. The molecule has 0 atom stereocenters. The Morgan fingerprint density at radius 3 is 2.80 bits per heavy atom. The molecule has 3 nitrogen and oxygen atoms in total. The first kappa shape index (κ1) is 10.3. The Kier molecular flexibility index (Phi) is 1.70. The van der Waals surface area contributed by atoms with Crippen molar-refractivity contribution in [1.82, 2.24) is 4.57 Å². The molecule has 0 fully saturated rings. The van der Waals surface area contributed by atoms with Crippen LogP contribution < -0.4 is 5.56 Å². The van der Waals surface area contributed by atoms with E-state index in [2.05, 4.69) is 6.07 Å². The Morgan fingerprint density at radius 2 is 1.90 bits per heavy atom. The third-order valence-corrected chi connectivity index (χ3v) is 4.36. The minimum Gasteiger partial charge on any atom is -0.464 e. The van der Waals surface area contributed by atoms with Crippen LogP contribution >= 0.6 is 0 Å². The molecular formula is C17H11NO2. The maximum Gasteiger partial charge on any atom is 0.258 e. The normalized spacial score (nSPS) is 13.8. The molecule has 0 N–H and O–H groups in total. The van der Waals surface area contributed by atoms with Crippen molar-refractivity contribution in [2.45, 2.75) is 13.0 Å². The van der Waals surface area contributed by atoms with Gasteiger partial charge in [-0.25, -0.2) is 0 Å². The van der Waals surface area contributed by atoms with Crippen molar-refractivity contribution in [2.75, 3.05) is 0 Å². The molecule has 5 rings (SSSR count). The summed E-state index contributed by atoms with van der Waals surface area (Å²) < 4.78 is 7.50. The Balaban J connectivity index is 2.27. The summed E-state index contributed by atoms with van der Waals surface area (Å²) in [5.41, 5.74) is 3.33. The molecule has 20 heavy (non-hydrogen) atoms. The van der Waals surface area contributed by atoms with E-state index in [-0.39, 0.29) is 5.56 Å². The van der Waals surface area contributed by atoms with Crippen LogP contribution in [-0.2, 0) is 13.0 Å². The van der Waals surface area contributed by atoms with Gasteiger partial charge in [-0.1, -0.05) is 18.2 Å². The van der Waals surface area contributed by atoms with Crippen LogP contribution in [-0.4, -0.2) is 4.57 Å². The Hall–Kier alpha value is -2.55. The molecular weight excluding hydrogens is 250 g/mol. The first-order chi connectivity index (χ1) is 9.84. The van der Waals surface area contributed by atoms with Crippen molar-refractivity contribution < 1.29 is 4.42 Å². The highest BCUT2D eigenvalue weighted by Gasteiger charge is 2.21. The van der Waals surface area contributed by atoms with Crippen LogP contribution in [0.1, 0.15) is 5.56 Å². The predicted molar refractivity (Wildman–Crippen MR) is 79.2 cm³/mol. The molecule has 0 aliphatic carbocycles. The van der Waals surface area contributed by atoms with Gasteiger partial charge in [0, 0.05) is 22.7 Å². The number of aryl methyl sites for hydroxylation is 2. The average molecular weight is 261 g/mol. The minimum atomic E-state index is 0.120. The minimum absolute atomic E-state index is 0.120. The number of pyridine rings is 1. The van der Waals surface area contributed by atoms with E-state index in [1.165, 1.54) is 5.56 Å². The van der Waals surface area contributed by atoms with Crippen LogP contribution in [0.4, 0.5) is 0 Å². The van der Waals surface area contributed by atoms with Crippen LogP contribution in [0.25, 0.3) is 32.6 Å². The summed E-state index contributed by atoms with van der Waals surface area (Å²) in [4.78, 5) is 12.6. The predicted octanol–water partition coefficient (Wildman–Crippen LogP) is 3.46. The molecule has 1 aliphatic heterocycles. The second kappa shape index (κ2) is 3.31. The number of rotatable bonds is 0. The van der Waals surface area contributed by atoms with Gasteiger partial charge in [0.05, 0.1) is 11.8 Å². The number of hydrogen-bond acceptors (Lipinski definition) is 2. The molecule has 2 aromatic carbocycles. The first-order valence-electron chi connectivity index (χ1n) is 6.79. The van der Waals surface area contributed by atoms with Crippen LogP contribution in [0.2, 0.25) is 0 Å². The first-order valence-corrected chi connectivity index (χ1v) is 6.79. The fraction of sp³-hybridized carbons (Fsp3) is 0.118. The van der Waals surface area contributed by atoms with Gasteiger partial charge in [-0.05, 0) is 35.6 Å². The Labute approximate surface area is 114 Å². The summed E-state index contributed by atoms with van der Waals surface area (Å²) in [6.45, 7) is 0.766. The van der Waals surface area contributed by atoms with E-state index in [1.54, 1.807) is 6.26 Å². The highest BCUT2D eigenvalue weighted by Crippen LogP contribution is 2.36. The summed E-state index contributed by atoms with van der Waals surface area (Å²) in [7, 11) is 0. The molecule has 0 radical (unpaired) electrons. The molecule has 3 heteroatoms. The largest absolute Gasteiger partial charge is 0.464 e. The molecule has 1 aliphatic rings. The number of hydrogen-bond donors (Lipinski definition) is 0. The topological polar surface area (TPSA) is 35.1 Å². The van der Waals surface area contributed by atoms with E-state index in [0.717, 1.165) is 45.6 Å². The zero-order valence-electron chi connectivity index (χ0n) is 10.7. The summed E-state index contributed by atoms with van der Waals surface area (Å²) in [5.74, 6) is 0. The van der Waals surface area contributed by atoms with E-state index >= 15 is 0 Å². The van der Waals surface area contributed by atoms with E-state index in [0.29, 0.717) is 0 Å². The van der Waals surface area contributed by atoms with Crippen molar-refractivity contribution in [3.63, 3.8) is 0 Å². The van der Waals surface area contributed by atoms with Crippen LogP contribution in [0, 0.1) is 0 Å². The van der Waals surface area contributed by atoms with Gasteiger partial charge in [0.15, 0.2) is 0 Å². The smallest absolute Gasteiger partial charge is 0.258 e. The van der Waals surface area contributed by atoms with Gasteiger partial charge in [0.2, 0.25) is 0 Å². The molecule has 0 saturated carbocycles. The zero-order chi connectivity index (χ0) is 13.3. The fourth-order valence-corrected chi connectivity index (χ4v) is 3.51. The average Bonchev–Trinajstić information content (AvgIpc) is 3.10. The van der Waals surface area contributed by atoms with E-state index in [4.69, 9.17) is 4.42 Å². The number of nitrogens with zero attached hydrogens (tertiary/aromatic N) is 1. The second-order valence-corrected chi connectivity index (χ2v) is 5.34. The standard InChI is InChI=1S/C17H11NO2/c19-17-12-4-2-1-3-11(12)15-13-6-8-20-14(13)9-10-5-7-18(17)16(10)15/h1-4,6,8-9H,5,7H2. The van der Waals surface area contributed by atoms with Gasteiger partial charge in [-0.3, -0.25) is 4.79 Å². The van der Waals surface area contributed by atoms with E-state index < -0.39 is 0 Å². The molecule has 4 aromatic rings. The monoisotopic (exact) mass is 261 g/mol. The van der Waals surface area contributed by atoms with E-state index in [9.17, 15) is 4.79 Å². The lowest BCUT2D eigenvalue weighted by atomic mass is 10.0. The lowest BCUT2D eigenvalue weighted by Crippen LogP contribution is -2.18. The second-order valence-electron chi connectivity index (χ2n) is 5.34. The number of fused-ring (bicyclic) bond motifs is 4. The lowest BCUT2D eigenvalue weighted by molar-refractivity contribution is 0.615. The summed E-state index contributed by atoms with van der Waals surface area (Å²) in [6.07, 6.45) is 2.62. The number of benzene rings is 2. The van der Waals surface area contributed by atoms with Gasteiger partial charge < -0.3 is 8.98 Å². The van der Waals surface area contributed by atoms with Crippen molar-refractivity contribution in [3.05, 3.63) is 58.6 Å². The molecule has 2 aromatic heterocycles. The molecule has 0 unspecified atom stereocenters. The van der Waals surface area contributed by atoms with Gasteiger partial charge in [0.1, 0.15) is 5.58 Å². The van der Waals surface area contributed by atoms with Crippen molar-refractivity contribution in [1.29, 1.82) is 0 Å². The third-order valence-electron chi connectivity index (χ3n) is 4.36. The molecule has 0 amide bonds. The summed E-state index contributed by atoms with van der Waals surface area (Å²) in [6, 6.07) is 11.9. The number of aromatic nitrogens is 1. The highest BCUT2D eigenvalue weighted by molar-refractivity contribution is 6.19. The molecule has 0 spiro atoms. The van der Waals surface area contributed by atoms with Crippen molar-refractivity contribution in [2.24, 2.45) is 0 Å². The van der Waals surface area contributed by atoms with Crippen molar-refractivity contribution >= 4 is 32.6 Å². The van der Waals surface area contributed by atoms with Crippen LogP contribution in [0.3, 0.4) is 0 Å². The maximum absolute atomic E-state index is 12.6. The Morgan fingerprint density at radius 1 is 1.05 bits per heavy atom. The highest BCUT2D eigenvalue weighted by atomic mass is 16.3. The zero-order valence-corrected chi connectivity index (χ0v) is 10.7. The molecule has 96 valence electrons. The fourth-order valence-electron chi connectivity index (χ4n) is 3.51. The van der Waals surface area contributed by atoms with Gasteiger partial charge >= 0.3 is 0 Å². The maximum atomic E-state index is 12.6. The SMILES string of the molecule is O=c1c2ccccc2c2c3ccoc3cc3c2n1CC3. The molecule has 0 saturated heterocycles. The van der Waals surface area contributed by atoms with Crippen LogP contribution in [0.15, 0.2) is 51.9 Å². The van der Waals surface area contributed by atoms with Gasteiger partial charge in [-0.2, -0.15) is 0 Å². The third kappa shape index (κ3) is 1.05. The van der Waals surface area contributed by atoms with Gasteiger partial charge in [0.25, 0.3) is 5.56 Å². The lowest BCUT2D eigenvalue weighted by Gasteiger charge is -2.09. The van der Waals surface area contributed by atoms with Crippen molar-refractivity contribution in [3.8, 4) is 0 Å². The molecule has 3 heterocycles. The summed E-state index contributed by atoms with van der Waals surface area (Å²) in [5, 5.41) is 4.06. The van der Waals surface area contributed by atoms with Gasteiger partial charge in [-0.15, -0.1) is 0 Å².